The molecule has 0 aliphatic heterocycles. The molecule has 10 aromatic carbocycles. The SMILES string of the molecule is C=Cc1ccc(C2(c3c(F)ccc(F)c3F)c3ccccc3-c3ccc(N(c4ccc(-c5ccc(F)cc5)cc4)c4ccc5c(c4)C(c4ccc(C=C)cc4)(c4c(F)ccc(F)c4F)c4ccccc4-5)cc32)cc1. The van der Waals surface area contributed by atoms with Crippen molar-refractivity contribution in [1.82, 2.24) is 0 Å². The summed E-state index contributed by atoms with van der Waals surface area (Å²) >= 11 is 0. The molecule has 0 amide bonds. The second kappa shape index (κ2) is 17.6. The van der Waals surface area contributed by atoms with Gasteiger partial charge >= 0.3 is 0 Å². The van der Waals surface area contributed by atoms with E-state index in [1.54, 1.807) is 97.1 Å². The summed E-state index contributed by atoms with van der Waals surface area (Å²) in [5, 5.41) is 0. The standard InChI is InChI=1S/C66H40F7N/c1-3-39-13-21-43(22-14-39)65(61-57(68)33-35-59(70)63(61)72)53-11-7-5-9-49(53)51-31-29-47(37-55(51)65)74(46-27-19-42(20-28-46)41-17-25-45(67)26-18-41)48-30-32-52-50-10-6-8-12-54(50)66(56(52)38-48,44-23-15-40(4-2)16-24-44)62-58(69)34-36-60(71)64(62)73/h3-38H,1-2H2. The zero-order chi connectivity index (χ0) is 51.0. The lowest BCUT2D eigenvalue weighted by molar-refractivity contribution is 0.464. The number of rotatable bonds is 10. The molecule has 0 saturated heterocycles. The van der Waals surface area contributed by atoms with Crippen LogP contribution >= 0.6 is 0 Å². The van der Waals surface area contributed by atoms with E-state index in [-0.39, 0.29) is 5.82 Å². The molecule has 10 aromatic rings. The molecule has 12 rings (SSSR count). The van der Waals surface area contributed by atoms with Crippen LogP contribution in [0.25, 0.3) is 45.5 Å². The molecule has 2 atom stereocenters. The Morgan fingerprint density at radius 1 is 0.338 bits per heavy atom. The third-order valence-electron chi connectivity index (χ3n) is 14.9. The molecule has 2 aliphatic rings. The minimum Gasteiger partial charge on any atom is -0.310 e. The van der Waals surface area contributed by atoms with Crippen molar-refractivity contribution < 1.29 is 30.7 Å². The van der Waals surface area contributed by atoms with Crippen LogP contribution in [0.4, 0.5) is 47.8 Å². The molecule has 0 fully saturated rings. The van der Waals surface area contributed by atoms with Gasteiger partial charge in [-0.3, -0.25) is 0 Å². The Hall–Kier alpha value is -9.01. The Bertz CT molecular complexity index is 3690. The molecule has 0 bridgehead atoms. The van der Waals surface area contributed by atoms with Crippen molar-refractivity contribution in [2.75, 3.05) is 4.90 Å². The van der Waals surface area contributed by atoms with Crippen LogP contribution in [0.3, 0.4) is 0 Å². The lowest BCUT2D eigenvalue weighted by Gasteiger charge is -2.36. The van der Waals surface area contributed by atoms with E-state index in [0.29, 0.717) is 72.7 Å². The van der Waals surface area contributed by atoms with Crippen LogP contribution in [0, 0.1) is 40.7 Å². The van der Waals surface area contributed by atoms with E-state index in [9.17, 15) is 4.39 Å². The lowest BCUT2D eigenvalue weighted by atomic mass is 9.67. The Balaban J connectivity index is 1.16. The van der Waals surface area contributed by atoms with Crippen LogP contribution < -0.4 is 4.90 Å². The van der Waals surface area contributed by atoms with Crippen LogP contribution in [0.15, 0.2) is 219 Å². The van der Waals surface area contributed by atoms with Gasteiger partial charge in [0.15, 0.2) is 23.3 Å². The molecule has 1 nitrogen and oxygen atoms in total. The van der Waals surface area contributed by atoms with E-state index in [4.69, 9.17) is 0 Å². The highest BCUT2D eigenvalue weighted by Gasteiger charge is 2.52. The van der Waals surface area contributed by atoms with Gasteiger partial charge in [0.2, 0.25) is 0 Å². The second-order valence-corrected chi connectivity index (χ2v) is 18.5. The van der Waals surface area contributed by atoms with E-state index in [1.807, 2.05) is 89.8 Å². The first-order chi connectivity index (χ1) is 36.0. The molecule has 2 aliphatic carbocycles. The average molecular weight is 980 g/mol. The number of halogens is 7. The van der Waals surface area contributed by atoms with Crippen molar-refractivity contribution in [3.8, 4) is 33.4 Å². The summed E-state index contributed by atoms with van der Waals surface area (Å²) in [6.07, 6.45) is 3.32. The quantitative estimate of drug-likeness (QED) is 0.0975. The lowest BCUT2D eigenvalue weighted by Crippen LogP contribution is -2.32. The first-order valence-corrected chi connectivity index (χ1v) is 23.9. The molecule has 74 heavy (non-hydrogen) atoms. The zero-order valence-corrected chi connectivity index (χ0v) is 39.3. The predicted octanol–water partition coefficient (Wildman–Crippen LogP) is 17.8. The van der Waals surface area contributed by atoms with E-state index in [0.717, 1.165) is 46.5 Å². The molecule has 358 valence electrons. The van der Waals surface area contributed by atoms with Crippen molar-refractivity contribution in [3.05, 3.63) is 316 Å². The minimum absolute atomic E-state index is 0.384. The Morgan fingerprint density at radius 2 is 0.703 bits per heavy atom. The Kier molecular flexibility index (Phi) is 11.0. The molecular weight excluding hydrogens is 940 g/mol. The zero-order valence-electron chi connectivity index (χ0n) is 39.3. The van der Waals surface area contributed by atoms with Crippen molar-refractivity contribution in [2.24, 2.45) is 0 Å². The second-order valence-electron chi connectivity index (χ2n) is 18.5. The minimum atomic E-state index is -1.76. The van der Waals surface area contributed by atoms with Gasteiger partial charge in [-0.2, -0.15) is 0 Å². The third kappa shape index (κ3) is 6.78. The van der Waals surface area contributed by atoms with Gasteiger partial charge in [-0.25, -0.2) is 30.7 Å². The predicted molar refractivity (Wildman–Crippen MR) is 281 cm³/mol. The number of fused-ring (bicyclic) bond motifs is 6. The smallest absolute Gasteiger partial charge is 0.166 e. The van der Waals surface area contributed by atoms with Gasteiger partial charge in [-0.05, 0) is 151 Å². The summed E-state index contributed by atoms with van der Waals surface area (Å²) in [6, 6.07) is 57.2. The monoisotopic (exact) mass is 979 g/mol. The van der Waals surface area contributed by atoms with Crippen LogP contribution in [0.5, 0.6) is 0 Å². The fourth-order valence-electron chi connectivity index (χ4n) is 11.6. The van der Waals surface area contributed by atoms with Gasteiger partial charge in [-0.1, -0.05) is 159 Å². The number of hydrogen-bond donors (Lipinski definition) is 0. The van der Waals surface area contributed by atoms with E-state index < -0.39 is 56.9 Å². The van der Waals surface area contributed by atoms with Crippen LogP contribution in [-0.4, -0.2) is 0 Å². The van der Waals surface area contributed by atoms with Gasteiger partial charge in [0.25, 0.3) is 0 Å². The molecular formula is C66H40F7N. The van der Waals surface area contributed by atoms with Crippen molar-refractivity contribution in [3.63, 3.8) is 0 Å². The molecule has 0 heterocycles. The number of hydrogen-bond acceptors (Lipinski definition) is 1. The van der Waals surface area contributed by atoms with Crippen molar-refractivity contribution >= 4 is 29.2 Å². The maximum absolute atomic E-state index is 16.9. The summed E-state index contributed by atoms with van der Waals surface area (Å²) in [7, 11) is 0. The number of nitrogens with zero attached hydrogens (tertiary/aromatic N) is 1. The summed E-state index contributed by atoms with van der Waals surface area (Å²) in [4.78, 5) is 1.93. The van der Waals surface area contributed by atoms with Gasteiger partial charge in [0.05, 0.1) is 10.8 Å². The Morgan fingerprint density at radius 3 is 1.12 bits per heavy atom. The number of anilines is 3. The summed E-state index contributed by atoms with van der Waals surface area (Å²) in [5.41, 5.74) is 5.67. The number of benzene rings is 10. The first-order valence-electron chi connectivity index (χ1n) is 23.9. The van der Waals surface area contributed by atoms with E-state index >= 15 is 26.3 Å². The third-order valence-corrected chi connectivity index (χ3v) is 14.9. The van der Waals surface area contributed by atoms with Crippen molar-refractivity contribution in [2.45, 2.75) is 10.8 Å². The molecule has 8 heteroatoms. The highest BCUT2D eigenvalue weighted by molar-refractivity contribution is 5.92. The van der Waals surface area contributed by atoms with Gasteiger partial charge < -0.3 is 4.90 Å². The summed E-state index contributed by atoms with van der Waals surface area (Å²) in [5.74, 6) is -7.41. The topological polar surface area (TPSA) is 3.24 Å². The molecule has 2 unspecified atom stereocenters. The van der Waals surface area contributed by atoms with Crippen LogP contribution in [-0.2, 0) is 10.8 Å². The first kappa shape index (κ1) is 46.1. The summed E-state index contributed by atoms with van der Waals surface area (Å²) in [6.45, 7) is 7.82. The molecule has 0 radical (unpaired) electrons. The van der Waals surface area contributed by atoms with Crippen LogP contribution in [0.1, 0.15) is 55.6 Å². The molecule has 0 aromatic heterocycles. The van der Waals surface area contributed by atoms with E-state index in [1.165, 1.54) is 12.1 Å². The highest BCUT2D eigenvalue weighted by atomic mass is 19.2. The fourth-order valence-corrected chi connectivity index (χ4v) is 11.6. The van der Waals surface area contributed by atoms with Gasteiger partial charge in [-0.15, -0.1) is 0 Å². The normalized spacial score (nSPS) is 16.0. The maximum atomic E-state index is 16.9. The van der Waals surface area contributed by atoms with Gasteiger partial charge in [0, 0.05) is 28.2 Å². The largest absolute Gasteiger partial charge is 0.310 e. The maximum Gasteiger partial charge on any atom is 0.166 e. The fraction of sp³-hybridized carbons (Fsp3) is 0.0303. The highest BCUT2D eigenvalue weighted by Crippen LogP contribution is 2.61. The van der Waals surface area contributed by atoms with Gasteiger partial charge in [0.1, 0.15) is 17.5 Å². The molecule has 0 spiro atoms. The summed E-state index contributed by atoms with van der Waals surface area (Å²) < 4.78 is 113. The average Bonchev–Trinajstić information content (AvgIpc) is 3.90. The Labute approximate surface area is 423 Å². The van der Waals surface area contributed by atoms with Crippen molar-refractivity contribution in [1.29, 1.82) is 0 Å². The van der Waals surface area contributed by atoms with E-state index in [2.05, 4.69) is 13.2 Å². The molecule has 0 N–H and O–H groups in total. The van der Waals surface area contributed by atoms with Crippen LogP contribution in [0.2, 0.25) is 0 Å². The molecule has 0 saturated carbocycles.